The zero-order chi connectivity index (χ0) is 10.6. The van der Waals surface area contributed by atoms with Crippen LogP contribution in [0.3, 0.4) is 0 Å². The number of aliphatic hydroxyl groups is 2. The largest absolute Gasteiger partial charge is 0.394 e. The molecule has 1 rings (SSSR count). The summed E-state index contributed by atoms with van der Waals surface area (Å²) in [4.78, 5) is 2.10. The van der Waals surface area contributed by atoms with Gasteiger partial charge < -0.3 is 20.7 Å². The van der Waals surface area contributed by atoms with Crippen molar-refractivity contribution in [2.24, 2.45) is 5.73 Å². The summed E-state index contributed by atoms with van der Waals surface area (Å²) in [5, 5.41) is 18.1. The lowest BCUT2D eigenvalue weighted by Crippen LogP contribution is -2.52. The van der Waals surface area contributed by atoms with Crippen molar-refractivity contribution in [1.29, 1.82) is 0 Å². The highest BCUT2D eigenvalue weighted by Gasteiger charge is 2.26. The number of ether oxygens (including phenoxy) is 1. The third-order valence-corrected chi connectivity index (χ3v) is 2.55. The van der Waals surface area contributed by atoms with Crippen LogP contribution in [0, 0.1) is 0 Å². The first-order valence-electron chi connectivity index (χ1n) is 5.02. The van der Waals surface area contributed by atoms with Crippen molar-refractivity contribution in [3.63, 3.8) is 0 Å². The summed E-state index contributed by atoms with van der Waals surface area (Å²) in [5.41, 5.74) is 5.51. The van der Waals surface area contributed by atoms with E-state index in [2.05, 4.69) is 4.90 Å². The van der Waals surface area contributed by atoms with Gasteiger partial charge in [-0.05, 0) is 6.92 Å². The Balaban J connectivity index is 2.40. The highest BCUT2D eigenvalue weighted by Crippen LogP contribution is 2.11. The molecule has 0 spiro atoms. The molecule has 3 atom stereocenters. The molecule has 0 aliphatic carbocycles. The molecule has 14 heavy (non-hydrogen) atoms. The Kier molecular flexibility index (Phi) is 4.77. The number of β-amino-alcohol motifs (C(OH)–C–C–N with tert-alkyl or cyclic N) is 1. The molecule has 4 N–H and O–H groups in total. The van der Waals surface area contributed by atoms with Crippen molar-refractivity contribution in [3.05, 3.63) is 0 Å². The SMILES string of the molecule is CC1COC(CN)CN1CC(O)CO. The summed E-state index contributed by atoms with van der Waals surface area (Å²) in [5.74, 6) is 0. The van der Waals surface area contributed by atoms with E-state index in [0.29, 0.717) is 19.7 Å². The molecule has 0 saturated carbocycles. The normalized spacial score (nSPS) is 31.7. The molecule has 1 aliphatic heterocycles. The van der Waals surface area contributed by atoms with Gasteiger partial charge in [0.15, 0.2) is 0 Å². The van der Waals surface area contributed by atoms with E-state index in [-0.39, 0.29) is 18.8 Å². The van der Waals surface area contributed by atoms with Crippen LogP contribution in [0.25, 0.3) is 0 Å². The van der Waals surface area contributed by atoms with Gasteiger partial charge >= 0.3 is 0 Å². The van der Waals surface area contributed by atoms with E-state index in [1.54, 1.807) is 0 Å². The van der Waals surface area contributed by atoms with Crippen molar-refractivity contribution in [3.8, 4) is 0 Å². The predicted molar refractivity (Wildman–Crippen MR) is 52.9 cm³/mol. The van der Waals surface area contributed by atoms with Crippen molar-refractivity contribution < 1.29 is 14.9 Å². The minimum atomic E-state index is -0.672. The number of aliphatic hydroxyl groups excluding tert-OH is 2. The average Bonchev–Trinajstić information content (AvgIpc) is 2.21. The van der Waals surface area contributed by atoms with E-state index in [0.717, 1.165) is 6.54 Å². The van der Waals surface area contributed by atoms with Gasteiger partial charge in [-0.2, -0.15) is 0 Å². The second kappa shape index (κ2) is 5.63. The summed E-state index contributed by atoms with van der Waals surface area (Å²) in [7, 11) is 0. The van der Waals surface area contributed by atoms with Crippen LogP contribution in [0.15, 0.2) is 0 Å². The molecule has 5 nitrogen and oxygen atoms in total. The maximum atomic E-state index is 9.32. The van der Waals surface area contributed by atoms with E-state index < -0.39 is 6.10 Å². The lowest BCUT2D eigenvalue weighted by atomic mass is 10.1. The first-order chi connectivity index (χ1) is 6.67. The number of nitrogens with zero attached hydrogens (tertiary/aromatic N) is 1. The zero-order valence-electron chi connectivity index (χ0n) is 8.59. The van der Waals surface area contributed by atoms with Crippen molar-refractivity contribution in [2.45, 2.75) is 25.2 Å². The van der Waals surface area contributed by atoms with Gasteiger partial charge in [0, 0.05) is 25.7 Å². The Morgan fingerprint density at radius 1 is 1.64 bits per heavy atom. The smallest absolute Gasteiger partial charge is 0.0897 e. The minimum absolute atomic E-state index is 0.0529. The topological polar surface area (TPSA) is 79.0 Å². The highest BCUT2D eigenvalue weighted by atomic mass is 16.5. The molecule has 1 heterocycles. The molecule has 1 fully saturated rings. The number of rotatable bonds is 4. The second-order valence-electron chi connectivity index (χ2n) is 3.83. The molecule has 3 unspecified atom stereocenters. The fourth-order valence-corrected chi connectivity index (χ4v) is 1.60. The van der Waals surface area contributed by atoms with Gasteiger partial charge in [-0.15, -0.1) is 0 Å². The van der Waals surface area contributed by atoms with Crippen LogP contribution in [0.5, 0.6) is 0 Å². The maximum Gasteiger partial charge on any atom is 0.0897 e. The lowest BCUT2D eigenvalue weighted by molar-refractivity contribution is -0.0694. The molecule has 0 bridgehead atoms. The molecule has 0 aromatic carbocycles. The summed E-state index contributed by atoms with van der Waals surface area (Å²) >= 11 is 0. The Labute approximate surface area is 84.5 Å². The maximum absolute atomic E-state index is 9.32. The van der Waals surface area contributed by atoms with Crippen LogP contribution in [-0.4, -0.2) is 66.2 Å². The van der Waals surface area contributed by atoms with E-state index in [1.807, 2.05) is 6.92 Å². The van der Waals surface area contributed by atoms with Crippen molar-refractivity contribution in [1.82, 2.24) is 4.90 Å². The third-order valence-electron chi connectivity index (χ3n) is 2.55. The molecule has 0 amide bonds. The zero-order valence-corrected chi connectivity index (χ0v) is 8.59. The lowest BCUT2D eigenvalue weighted by Gasteiger charge is -2.38. The van der Waals surface area contributed by atoms with Crippen LogP contribution in [0.2, 0.25) is 0 Å². The second-order valence-corrected chi connectivity index (χ2v) is 3.83. The first-order valence-corrected chi connectivity index (χ1v) is 5.02. The predicted octanol–water partition coefficient (Wildman–Crippen LogP) is -1.61. The Bertz CT molecular complexity index is 166. The first kappa shape index (κ1) is 11.9. The van der Waals surface area contributed by atoms with E-state index >= 15 is 0 Å². The Hall–Kier alpha value is -0.200. The minimum Gasteiger partial charge on any atom is -0.394 e. The third kappa shape index (κ3) is 3.18. The fourth-order valence-electron chi connectivity index (χ4n) is 1.60. The molecule has 84 valence electrons. The number of hydrogen-bond donors (Lipinski definition) is 3. The monoisotopic (exact) mass is 204 g/mol. The van der Waals surface area contributed by atoms with E-state index in [9.17, 15) is 5.11 Å². The van der Waals surface area contributed by atoms with Crippen LogP contribution < -0.4 is 5.73 Å². The molecule has 5 heteroatoms. The van der Waals surface area contributed by atoms with Gasteiger partial charge in [0.05, 0.1) is 25.4 Å². The van der Waals surface area contributed by atoms with Crippen LogP contribution in [0.1, 0.15) is 6.92 Å². The van der Waals surface area contributed by atoms with Gasteiger partial charge in [0.1, 0.15) is 0 Å². The summed E-state index contributed by atoms with van der Waals surface area (Å²) < 4.78 is 5.47. The number of morpholine rings is 1. The Morgan fingerprint density at radius 2 is 2.36 bits per heavy atom. The molecule has 0 radical (unpaired) electrons. The Morgan fingerprint density at radius 3 is 2.93 bits per heavy atom. The fraction of sp³-hybridized carbons (Fsp3) is 1.00. The molecular weight excluding hydrogens is 184 g/mol. The van der Waals surface area contributed by atoms with Crippen LogP contribution in [0.4, 0.5) is 0 Å². The number of nitrogens with two attached hydrogens (primary N) is 1. The van der Waals surface area contributed by atoms with Gasteiger partial charge in [-0.3, -0.25) is 4.90 Å². The summed E-state index contributed by atoms with van der Waals surface area (Å²) in [6, 6.07) is 0.277. The van der Waals surface area contributed by atoms with Gasteiger partial charge in [0.2, 0.25) is 0 Å². The van der Waals surface area contributed by atoms with E-state index in [1.165, 1.54) is 0 Å². The van der Waals surface area contributed by atoms with Crippen molar-refractivity contribution >= 4 is 0 Å². The highest BCUT2D eigenvalue weighted by molar-refractivity contribution is 4.79. The van der Waals surface area contributed by atoms with Crippen LogP contribution in [-0.2, 0) is 4.74 Å². The van der Waals surface area contributed by atoms with Gasteiger partial charge in [-0.25, -0.2) is 0 Å². The van der Waals surface area contributed by atoms with Crippen molar-refractivity contribution in [2.75, 3.05) is 32.8 Å². The van der Waals surface area contributed by atoms with Gasteiger partial charge in [0.25, 0.3) is 0 Å². The molecule has 1 saturated heterocycles. The average molecular weight is 204 g/mol. The molecule has 0 aromatic rings. The summed E-state index contributed by atoms with van der Waals surface area (Å²) in [6.45, 7) is 4.19. The quantitative estimate of drug-likeness (QED) is 0.513. The number of hydrogen-bond acceptors (Lipinski definition) is 5. The van der Waals surface area contributed by atoms with E-state index in [4.69, 9.17) is 15.6 Å². The molecule has 1 aliphatic rings. The standard InChI is InChI=1S/C9H20N2O3/c1-7-6-14-9(2-10)4-11(7)3-8(13)5-12/h7-9,12-13H,2-6,10H2,1H3. The molecular formula is C9H20N2O3. The molecule has 0 aromatic heterocycles. The van der Waals surface area contributed by atoms with Crippen LogP contribution >= 0.6 is 0 Å². The van der Waals surface area contributed by atoms with Gasteiger partial charge in [-0.1, -0.05) is 0 Å². The summed E-state index contributed by atoms with van der Waals surface area (Å²) in [6.07, 6.45) is -0.619.